The third-order valence-corrected chi connectivity index (χ3v) is 4.63. The Morgan fingerprint density at radius 3 is 2.32 bits per heavy atom. The van der Waals surface area contributed by atoms with Gasteiger partial charge >= 0.3 is 0 Å². The zero-order valence-electron chi connectivity index (χ0n) is 14.5. The Bertz CT molecular complexity index is 734. The van der Waals surface area contributed by atoms with E-state index >= 15 is 0 Å². The lowest BCUT2D eigenvalue weighted by Crippen LogP contribution is -2.40. The topological polar surface area (TPSA) is 46.6 Å². The highest BCUT2D eigenvalue weighted by atomic mass is 16.5. The first kappa shape index (κ1) is 17.2. The molecule has 0 aliphatic carbocycles. The van der Waals surface area contributed by atoms with Crippen LogP contribution in [-0.4, -0.2) is 36.3 Å². The highest BCUT2D eigenvalue weighted by Crippen LogP contribution is 2.25. The van der Waals surface area contributed by atoms with Gasteiger partial charge in [0, 0.05) is 24.6 Å². The van der Waals surface area contributed by atoms with Gasteiger partial charge in [0.25, 0.3) is 5.91 Å². The van der Waals surface area contributed by atoms with Crippen LogP contribution in [0.25, 0.3) is 0 Å². The molecule has 4 heteroatoms. The van der Waals surface area contributed by atoms with Crippen molar-refractivity contribution in [3.05, 3.63) is 65.7 Å². The fourth-order valence-corrected chi connectivity index (χ4v) is 3.28. The Morgan fingerprint density at radius 1 is 1.00 bits per heavy atom. The molecule has 4 nitrogen and oxygen atoms in total. The van der Waals surface area contributed by atoms with E-state index in [1.807, 2.05) is 60.4 Å². The van der Waals surface area contributed by atoms with Crippen LogP contribution in [0.3, 0.4) is 0 Å². The minimum atomic E-state index is -0.0188. The lowest BCUT2D eigenvalue weighted by atomic mass is 9.88. The molecule has 2 aromatic carbocycles. The Morgan fingerprint density at radius 2 is 1.64 bits per heavy atom. The van der Waals surface area contributed by atoms with E-state index in [1.54, 1.807) is 6.07 Å². The van der Waals surface area contributed by atoms with Crippen molar-refractivity contribution in [3.63, 3.8) is 0 Å². The molecular formula is C21H23NO3. The fourth-order valence-electron chi connectivity index (χ4n) is 3.28. The smallest absolute Gasteiger partial charge is 0.257 e. The Hall–Kier alpha value is -2.62. The zero-order chi connectivity index (χ0) is 17.6. The number of benzene rings is 2. The van der Waals surface area contributed by atoms with E-state index in [1.165, 1.54) is 0 Å². The lowest BCUT2D eigenvalue weighted by molar-refractivity contribution is 0.0647. The quantitative estimate of drug-likeness (QED) is 0.779. The molecule has 130 valence electrons. The van der Waals surface area contributed by atoms with E-state index < -0.39 is 0 Å². The molecule has 1 fully saturated rings. The molecule has 1 heterocycles. The standard InChI is InChI=1S/C21H23NO3/c1-2-25-19-11-7-6-10-18(19)21(24)22-14-12-17(13-15-22)20(23)16-8-4-3-5-9-16/h3-11,17H,2,12-15H2,1H3. The summed E-state index contributed by atoms with van der Waals surface area (Å²) in [5.41, 5.74) is 1.35. The number of likely N-dealkylation sites (tertiary alicyclic amines) is 1. The first-order valence-electron chi connectivity index (χ1n) is 8.81. The van der Waals surface area contributed by atoms with Crippen molar-refractivity contribution < 1.29 is 14.3 Å². The number of ether oxygens (including phenoxy) is 1. The minimum Gasteiger partial charge on any atom is -0.493 e. The first-order chi connectivity index (χ1) is 12.2. The number of carbonyl (C=O) groups excluding carboxylic acids is 2. The van der Waals surface area contributed by atoms with Crippen molar-refractivity contribution in [2.24, 2.45) is 5.92 Å². The maximum absolute atomic E-state index is 12.8. The number of Topliss-reactive ketones (excluding diaryl/α,β-unsaturated/α-hetero) is 1. The molecule has 0 unspecified atom stereocenters. The van der Waals surface area contributed by atoms with Gasteiger partial charge in [-0.3, -0.25) is 9.59 Å². The zero-order valence-corrected chi connectivity index (χ0v) is 14.5. The van der Waals surface area contributed by atoms with Crippen LogP contribution >= 0.6 is 0 Å². The normalized spacial score (nSPS) is 15.0. The van der Waals surface area contributed by atoms with Crippen LogP contribution in [0.1, 0.15) is 40.5 Å². The molecule has 3 rings (SSSR count). The number of hydrogen-bond acceptors (Lipinski definition) is 3. The molecule has 1 saturated heterocycles. The summed E-state index contributed by atoms with van der Waals surface area (Å²) in [4.78, 5) is 27.2. The monoisotopic (exact) mass is 337 g/mol. The van der Waals surface area contributed by atoms with Gasteiger partial charge in [0.1, 0.15) is 5.75 Å². The van der Waals surface area contributed by atoms with Crippen molar-refractivity contribution in [2.75, 3.05) is 19.7 Å². The molecule has 25 heavy (non-hydrogen) atoms. The Labute approximate surface area is 148 Å². The number of para-hydroxylation sites is 1. The molecule has 1 amide bonds. The number of nitrogens with zero attached hydrogens (tertiary/aromatic N) is 1. The fraction of sp³-hybridized carbons (Fsp3) is 0.333. The second-order valence-electron chi connectivity index (χ2n) is 6.23. The first-order valence-corrected chi connectivity index (χ1v) is 8.81. The van der Waals surface area contributed by atoms with Crippen LogP contribution in [0.5, 0.6) is 5.75 Å². The summed E-state index contributed by atoms with van der Waals surface area (Å²) in [5, 5.41) is 0. The van der Waals surface area contributed by atoms with Crippen molar-refractivity contribution >= 4 is 11.7 Å². The molecule has 0 saturated carbocycles. The maximum atomic E-state index is 12.8. The summed E-state index contributed by atoms with van der Waals surface area (Å²) in [6, 6.07) is 16.7. The van der Waals surface area contributed by atoms with Crippen LogP contribution in [0.4, 0.5) is 0 Å². The van der Waals surface area contributed by atoms with Crippen LogP contribution in [-0.2, 0) is 0 Å². The molecule has 2 aromatic rings. The largest absolute Gasteiger partial charge is 0.493 e. The van der Waals surface area contributed by atoms with Crippen molar-refractivity contribution in [1.29, 1.82) is 0 Å². The third kappa shape index (κ3) is 3.90. The van der Waals surface area contributed by atoms with Gasteiger partial charge in [0.15, 0.2) is 5.78 Å². The van der Waals surface area contributed by atoms with E-state index in [0.717, 1.165) is 5.56 Å². The minimum absolute atomic E-state index is 0.00594. The van der Waals surface area contributed by atoms with Crippen LogP contribution in [0, 0.1) is 5.92 Å². The molecule has 0 atom stereocenters. The van der Waals surface area contributed by atoms with E-state index in [9.17, 15) is 9.59 Å². The van der Waals surface area contributed by atoms with Crippen molar-refractivity contribution in [3.8, 4) is 5.75 Å². The van der Waals surface area contributed by atoms with Crippen LogP contribution in [0.15, 0.2) is 54.6 Å². The molecular weight excluding hydrogens is 314 g/mol. The SMILES string of the molecule is CCOc1ccccc1C(=O)N1CCC(C(=O)c2ccccc2)CC1. The summed E-state index contributed by atoms with van der Waals surface area (Å²) in [5.74, 6) is 0.781. The van der Waals surface area contributed by atoms with Gasteiger partial charge in [0.05, 0.1) is 12.2 Å². The van der Waals surface area contributed by atoms with E-state index in [0.29, 0.717) is 43.9 Å². The maximum Gasteiger partial charge on any atom is 0.257 e. The van der Waals surface area contributed by atoms with Gasteiger partial charge in [-0.1, -0.05) is 42.5 Å². The van der Waals surface area contributed by atoms with Crippen molar-refractivity contribution in [1.82, 2.24) is 4.90 Å². The Balaban J connectivity index is 1.64. The molecule has 1 aliphatic rings. The Kier molecular flexibility index (Phi) is 5.49. The molecule has 0 N–H and O–H groups in total. The second kappa shape index (κ2) is 7.97. The van der Waals surface area contributed by atoms with Gasteiger partial charge in [-0.25, -0.2) is 0 Å². The van der Waals surface area contributed by atoms with Gasteiger partial charge in [-0.15, -0.1) is 0 Å². The van der Waals surface area contributed by atoms with Gasteiger partial charge in [0.2, 0.25) is 0 Å². The molecule has 1 aliphatic heterocycles. The summed E-state index contributed by atoms with van der Waals surface area (Å²) >= 11 is 0. The number of amides is 1. The van der Waals surface area contributed by atoms with Crippen LogP contribution < -0.4 is 4.74 Å². The number of carbonyl (C=O) groups is 2. The molecule has 0 bridgehead atoms. The van der Waals surface area contributed by atoms with Gasteiger partial charge in [-0.05, 0) is 31.9 Å². The van der Waals surface area contributed by atoms with Gasteiger partial charge in [-0.2, -0.15) is 0 Å². The van der Waals surface area contributed by atoms with Crippen molar-refractivity contribution in [2.45, 2.75) is 19.8 Å². The number of hydrogen-bond donors (Lipinski definition) is 0. The van der Waals surface area contributed by atoms with Crippen LogP contribution in [0.2, 0.25) is 0 Å². The van der Waals surface area contributed by atoms with E-state index in [4.69, 9.17) is 4.74 Å². The van der Waals surface area contributed by atoms with E-state index in [-0.39, 0.29) is 17.6 Å². The highest BCUT2D eigenvalue weighted by Gasteiger charge is 2.29. The highest BCUT2D eigenvalue weighted by molar-refractivity contribution is 5.99. The average molecular weight is 337 g/mol. The molecule has 0 radical (unpaired) electrons. The van der Waals surface area contributed by atoms with Gasteiger partial charge < -0.3 is 9.64 Å². The number of ketones is 1. The summed E-state index contributed by atoms with van der Waals surface area (Å²) in [7, 11) is 0. The summed E-state index contributed by atoms with van der Waals surface area (Å²) in [6.07, 6.45) is 1.41. The summed E-state index contributed by atoms with van der Waals surface area (Å²) in [6.45, 7) is 3.63. The molecule has 0 spiro atoms. The third-order valence-electron chi connectivity index (χ3n) is 4.63. The average Bonchev–Trinajstić information content (AvgIpc) is 2.68. The number of rotatable bonds is 5. The lowest BCUT2D eigenvalue weighted by Gasteiger charge is -2.31. The predicted octanol–water partition coefficient (Wildman–Crippen LogP) is 3.82. The van der Waals surface area contributed by atoms with E-state index in [2.05, 4.69) is 0 Å². The summed E-state index contributed by atoms with van der Waals surface area (Å²) < 4.78 is 5.56. The molecule has 0 aromatic heterocycles. The number of piperidine rings is 1. The second-order valence-corrected chi connectivity index (χ2v) is 6.23. The predicted molar refractivity (Wildman–Crippen MR) is 97.0 cm³/mol.